The summed E-state index contributed by atoms with van der Waals surface area (Å²) >= 11 is 0. The fourth-order valence-electron chi connectivity index (χ4n) is 2.49. The first kappa shape index (κ1) is 12.4. The van der Waals surface area contributed by atoms with Crippen LogP contribution in [-0.4, -0.2) is 23.5 Å². The minimum Gasteiger partial charge on any atom is -0.481 e. The molecule has 2 fully saturated rings. The molecule has 96 valence electrons. The molecule has 2 rings (SSSR count). The van der Waals surface area contributed by atoms with Gasteiger partial charge in [0.25, 0.3) is 0 Å². The molecule has 4 nitrogen and oxygen atoms in total. The lowest BCUT2D eigenvalue weighted by Gasteiger charge is -2.26. The van der Waals surface area contributed by atoms with Crippen molar-refractivity contribution in [2.24, 2.45) is 17.3 Å². The van der Waals surface area contributed by atoms with Crippen molar-refractivity contribution >= 4 is 11.9 Å². The highest BCUT2D eigenvalue weighted by molar-refractivity contribution is 5.80. The summed E-state index contributed by atoms with van der Waals surface area (Å²) in [6.45, 7) is 2.92. The normalized spacial score (nSPS) is 30.6. The van der Waals surface area contributed by atoms with Crippen LogP contribution in [0.2, 0.25) is 0 Å². The Morgan fingerprint density at radius 3 is 2.53 bits per heavy atom. The molecule has 0 spiro atoms. The van der Waals surface area contributed by atoms with Crippen molar-refractivity contribution < 1.29 is 14.7 Å². The lowest BCUT2D eigenvalue weighted by Crippen LogP contribution is -2.37. The number of carboxylic acids is 1. The molecule has 2 atom stereocenters. The SMILES string of the molecule is CC1(CNC(=O)C2CCCC(C(=O)O)C2)CC1. The lowest BCUT2D eigenvalue weighted by atomic mass is 9.81. The zero-order valence-corrected chi connectivity index (χ0v) is 10.4. The van der Waals surface area contributed by atoms with Crippen LogP contribution in [-0.2, 0) is 9.59 Å². The fourth-order valence-corrected chi connectivity index (χ4v) is 2.49. The molecule has 0 bridgehead atoms. The first-order valence-electron chi connectivity index (χ1n) is 6.51. The molecular weight excluding hydrogens is 218 g/mol. The second-order valence-electron chi connectivity index (χ2n) is 5.93. The van der Waals surface area contributed by atoms with Gasteiger partial charge in [0.2, 0.25) is 5.91 Å². The van der Waals surface area contributed by atoms with Crippen molar-refractivity contribution in [3.8, 4) is 0 Å². The van der Waals surface area contributed by atoms with Gasteiger partial charge in [-0.15, -0.1) is 0 Å². The van der Waals surface area contributed by atoms with Crippen LogP contribution in [0.4, 0.5) is 0 Å². The van der Waals surface area contributed by atoms with E-state index >= 15 is 0 Å². The Balaban J connectivity index is 1.79. The third kappa shape index (κ3) is 3.20. The average molecular weight is 239 g/mol. The van der Waals surface area contributed by atoms with Gasteiger partial charge >= 0.3 is 5.97 Å². The van der Waals surface area contributed by atoms with Gasteiger partial charge in [-0.2, -0.15) is 0 Å². The Bertz CT molecular complexity index is 323. The van der Waals surface area contributed by atoms with Gasteiger partial charge < -0.3 is 10.4 Å². The van der Waals surface area contributed by atoms with Crippen LogP contribution < -0.4 is 5.32 Å². The van der Waals surface area contributed by atoms with Crippen molar-refractivity contribution in [1.82, 2.24) is 5.32 Å². The Kier molecular flexibility index (Phi) is 3.40. The molecule has 0 aromatic carbocycles. The Morgan fingerprint density at radius 2 is 1.94 bits per heavy atom. The number of carbonyl (C=O) groups excluding carboxylic acids is 1. The average Bonchev–Trinajstić information content (AvgIpc) is 3.05. The molecule has 2 saturated carbocycles. The highest BCUT2D eigenvalue weighted by Gasteiger charge is 2.38. The summed E-state index contributed by atoms with van der Waals surface area (Å²) in [5.41, 5.74) is 0.316. The molecule has 4 heteroatoms. The number of aliphatic carboxylic acids is 1. The van der Waals surface area contributed by atoms with Gasteiger partial charge in [-0.05, 0) is 37.5 Å². The van der Waals surface area contributed by atoms with Gasteiger partial charge in [-0.1, -0.05) is 13.3 Å². The third-order valence-corrected chi connectivity index (χ3v) is 4.19. The van der Waals surface area contributed by atoms with E-state index in [0.717, 1.165) is 25.8 Å². The second kappa shape index (κ2) is 4.67. The summed E-state index contributed by atoms with van der Waals surface area (Å²) in [5, 5.41) is 12.0. The molecule has 2 N–H and O–H groups in total. The highest BCUT2D eigenvalue weighted by atomic mass is 16.4. The standard InChI is InChI=1S/C13H21NO3/c1-13(5-6-13)8-14-11(15)9-3-2-4-10(7-9)12(16)17/h9-10H,2-8H2,1H3,(H,14,15)(H,16,17). The van der Waals surface area contributed by atoms with Crippen LogP contribution in [0.25, 0.3) is 0 Å². The summed E-state index contributed by atoms with van der Waals surface area (Å²) in [6, 6.07) is 0. The summed E-state index contributed by atoms with van der Waals surface area (Å²) in [4.78, 5) is 22.9. The van der Waals surface area contributed by atoms with Crippen LogP contribution in [0, 0.1) is 17.3 Å². The molecule has 1 amide bonds. The van der Waals surface area contributed by atoms with Crippen molar-refractivity contribution in [2.75, 3.05) is 6.54 Å². The molecule has 0 saturated heterocycles. The van der Waals surface area contributed by atoms with Crippen molar-refractivity contribution in [2.45, 2.75) is 45.4 Å². The van der Waals surface area contributed by atoms with Crippen LogP contribution in [0.1, 0.15) is 45.4 Å². The first-order valence-corrected chi connectivity index (χ1v) is 6.51. The number of nitrogens with one attached hydrogen (secondary N) is 1. The van der Waals surface area contributed by atoms with E-state index in [2.05, 4.69) is 12.2 Å². The number of hydrogen-bond donors (Lipinski definition) is 2. The molecule has 0 aromatic heterocycles. The van der Waals surface area contributed by atoms with E-state index in [1.165, 1.54) is 12.8 Å². The maximum Gasteiger partial charge on any atom is 0.306 e. The Labute approximate surface area is 102 Å². The second-order valence-corrected chi connectivity index (χ2v) is 5.93. The number of amides is 1. The van der Waals surface area contributed by atoms with Crippen molar-refractivity contribution in [3.63, 3.8) is 0 Å². The third-order valence-electron chi connectivity index (χ3n) is 4.19. The minimum atomic E-state index is -0.753. The monoisotopic (exact) mass is 239 g/mol. The van der Waals surface area contributed by atoms with E-state index in [9.17, 15) is 9.59 Å². The Morgan fingerprint density at radius 1 is 1.29 bits per heavy atom. The van der Waals surface area contributed by atoms with E-state index < -0.39 is 5.97 Å². The van der Waals surface area contributed by atoms with Gasteiger partial charge in [0.15, 0.2) is 0 Å². The predicted octanol–water partition coefficient (Wildman–Crippen LogP) is 1.79. The molecule has 0 radical (unpaired) electrons. The molecule has 2 aliphatic rings. The van der Waals surface area contributed by atoms with E-state index in [1.54, 1.807) is 0 Å². The predicted molar refractivity (Wildman–Crippen MR) is 63.4 cm³/mol. The van der Waals surface area contributed by atoms with Crippen LogP contribution >= 0.6 is 0 Å². The topological polar surface area (TPSA) is 66.4 Å². The highest BCUT2D eigenvalue weighted by Crippen LogP contribution is 2.44. The van der Waals surface area contributed by atoms with E-state index in [0.29, 0.717) is 11.8 Å². The molecular formula is C13H21NO3. The number of carboxylic acid groups (broad SMARTS) is 1. The molecule has 17 heavy (non-hydrogen) atoms. The lowest BCUT2D eigenvalue weighted by molar-refractivity contribution is -0.144. The summed E-state index contributed by atoms with van der Waals surface area (Å²) in [5.74, 6) is -1.11. The van der Waals surface area contributed by atoms with Gasteiger partial charge in [-0.3, -0.25) is 9.59 Å². The molecule has 0 aromatic rings. The number of hydrogen-bond acceptors (Lipinski definition) is 2. The molecule has 0 aliphatic heterocycles. The maximum atomic E-state index is 11.9. The van der Waals surface area contributed by atoms with E-state index in [1.807, 2.05) is 0 Å². The zero-order valence-electron chi connectivity index (χ0n) is 10.4. The van der Waals surface area contributed by atoms with E-state index in [4.69, 9.17) is 5.11 Å². The van der Waals surface area contributed by atoms with Crippen molar-refractivity contribution in [3.05, 3.63) is 0 Å². The summed E-state index contributed by atoms with van der Waals surface area (Å²) < 4.78 is 0. The first-order chi connectivity index (χ1) is 8.00. The minimum absolute atomic E-state index is 0.0593. The van der Waals surface area contributed by atoms with E-state index in [-0.39, 0.29) is 17.7 Å². The van der Waals surface area contributed by atoms with Gasteiger partial charge in [0.05, 0.1) is 5.92 Å². The van der Waals surface area contributed by atoms with Crippen LogP contribution in [0.3, 0.4) is 0 Å². The molecule has 0 heterocycles. The zero-order chi connectivity index (χ0) is 12.5. The largest absolute Gasteiger partial charge is 0.481 e. The fraction of sp³-hybridized carbons (Fsp3) is 0.846. The smallest absolute Gasteiger partial charge is 0.306 e. The summed E-state index contributed by atoms with van der Waals surface area (Å²) in [7, 11) is 0. The number of carbonyl (C=O) groups is 2. The van der Waals surface area contributed by atoms with Gasteiger partial charge in [-0.25, -0.2) is 0 Å². The van der Waals surface area contributed by atoms with Crippen LogP contribution in [0.5, 0.6) is 0 Å². The van der Waals surface area contributed by atoms with Crippen LogP contribution in [0.15, 0.2) is 0 Å². The van der Waals surface area contributed by atoms with Crippen molar-refractivity contribution in [1.29, 1.82) is 0 Å². The Hall–Kier alpha value is -1.06. The van der Waals surface area contributed by atoms with Gasteiger partial charge in [0, 0.05) is 12.5 Å². The van der Waals surface area contributed by atoms with Gasteiger partial charge in [0.1, 0.15) is 0 Å². The quantitative estimate of drug-likeness (QED) is 0.786. The summed E-state index contributed by atoms with van der Waals surface area (Å²) in [6.07, 6.45) is 5.30. The molecule has 2 aliphatic carbocycles. The molecule has 2 unspecified atom stereocenters. The number of rotatable bonds is 4. The maximum absolute atomic E-state index is 11.9.